The number of hydrogen-bond acceptors (Lipinski definition) is 3. The molecule has 0 aliphatic rings. The Morgan fingerprint density at radius 2 is 1.77 bits per heavy atom. The first-order valence-corrected chi connectivity index (χ1v) is 7.96. The number of amidine groups is 1. The highest BCUT2D eigenvalue weighted by Gasteiger charge is 2.02. The fourth-order valence-electron chi connectivity index (χ4n) is 1.96. The van der Waals surface area contributed by atoms with Crippen LogP contribution in [0.15, 0.2) is 47.5 Å². The highest BCUT2D eigenvalue weighted by molar-refractivity contribution is 8.13. The predicted molar refractivity (Wildman–Crippen MR) is 91.6 cm³/mol. The summed E-state index contributed by atoms with van der Waals surface area (Å²) in [5, 5.41) is 0.514. The molecule has 0 amide bonds. The van der Waals surface area contributed by atoms with Gasteiger partial charge in [0.15, 0.2) is 5.17 Å². The summed E-state index contributed by atoms with van der Waals surface area (Å²) in [7, 11) is 0. The largest absolute Gasteiger partial charge is 0.493 e. The molecule has 0 atom stereocenters. The summed E-state index contributed by atoms with van der Waals surface area (Å²) in [4.78, 5) is 4.47. The fourth-order valence-corrected chi connectivity index (χ4v) is 2.49. The molecule has 5 heteroatoms. The normalized spacial score (nSPS) is 11.5. The summed E-state index contributed by atoms with van der Waals surface area (Å²) >= 11 is 1.44. The van der Waals surface area contributed by atoms with Gasteiger partial charge in [0.25, 0.3) is 0 Å². The van der Waals surface area contributed by atoms with E-state index in [9.17, 15) is 4.39 Å². The number of aryl methyl sites for hydroxylation is 2. The molecule has 0 unspecified atom stereocenters. The molecule has 0 spiro atoms. The lowest BCUT2D eigenvalue weighted by molar-refractivity contribution is 0.343. The van der Waals surface area contributed by atoms with Crippen LogP contribution in [0.4, 0.5) is 10.1 Å². The second-order valence-electron chi connectivity index (χ2n) is 4.84. The van der Waals surface area contributed by atoms with E-state index in [-0.39, 0.29) is 5.82 Å². The number of nitrogens with two attached hydrogens (primary N) is 1. The Hall–Kier alpha value is -2.01. The maximum absolute atomic E-state index is 12.8. The number of aliphatic imine (C=N–C) groups is 1. The van der Waals surface area contributed by atoms with Gasteiger partial charge in [-0.1, -0.05) is 30.0 Å². The number of ether oxygens (including phenoxy) is 1. The van der Waals surface area contributed by atoms with Crippen LogP contribution in [0.5, 0.6) is 5.75 Å². The summed E-state index contributed by atoms with van der Waals surface area (Å²) < 4.78 is 18.3. The van der Waals surface area contributed by atoms with Gasteiger partial charge in [-0.15, -0.1) is 0 Å². The molecule has 0 saturated heterocycles. The Labute approximate surface area is 134 Å². The smallest absolute Gasteiger partial charge is 0.159 e. The van der Waals surface area contributed by atoms with Crippen LogP contribution in [-0.2, 0) is 0 Å². The minimum absolute atomic E-state index is 0.272. The zero-order valence-corrected chi connectivity index (χ0v) is 13.5. The van der Waals surface area contributed by atoms with E-state index in [1.165, 1.54) is 23.9 Å². The first-order chi connectivity index (χ1) is 10.6. The highest BCUT2D eigenvalue weighted by Crippen LogP contribution is 2.24. The summed E-state index contributed by atoms with van der Waals surface area (Å²) in [6.45, 7) is 4.52. The van der Waals surface area contributed by atoms with E-state index in [4.69, 9.17) is 10.5 Å². The third-order valence-corrected chi connectivity index (χ3v) is 3.83. The first-order valence-electron chi connectivity index (χ1n) is 6.98. The number of rotatable bonds is 5. The fraction of sp³-hybridized carbons (Fsp3) is 0.235. The van der Waals surface area contributed by atoms with Crippen LogP contribution in [0, 0.1) is 19.7 Å². The van der Waals surface area contributed by atoms with Crippen molar-refractivity contribution >= 4 is 22.6 Å². The van der Waals surface area contributed by atoms with Crippen LogP contribution in [0.2, 0.25) is 0 Å². The topological polar surface area (TPSA) is 47.6 Å². The molecule has 2 aromatic carbocycles. The van der Waals surface area contributed by atoms with Crippen LogP contribution in [0.1, 0.15) is 11.1 Å². The predicted octanol–water partition coefficient (Wildman–Crippen LogP) is 4.20. The lowest BCUT2D eigenvalue weighted by atomic mass is 10.1. The van der Waals surface area contributed by atoms with Crippen LogP contribution in [0.25, 0.3) is 0 Å². The molecule has 0 radical (unpaired) electrons. The number of thioether (sulfide) groups is 1. The first kappa shape index (κ1) is 16.4. The average Bonchev–Trinajstić information content (AvgIpc) is 2.49. The molecule has 0 heterocycles. The third kappa shape index (κ3) is 4.77. The van der Waals surface area contributed by atoms with Crippen LogP contribution in [-0.4, -0.2) is 17.5 Å². The highest BCUT2D eigenvalue weighted by atomic mass is 32.2. The summed E-state index contributed by atoms with van der Waals surface area (Å²) in [6.07, 6.45) is 0. The molecule has 0 aromatic heterocycles. The molecule has 0 aliphatic heterocycles. The number of benzene rings is 2. The minimum Gasteiger partial charge on any atom is -0.493 e. The Balaban J connectivity index is 1.83. The maximum atomic E-state index is 12.8. The molecule has 0 aliphatic carbocycles. The second kappa shape index (κ2) is 7.84. The Morgan fingerprint density at radius 3 is 2.41 bits per heavy atom. The van der Waals surface area contributed by atoms with Crippen LogP contribution >= 0.6 is 11.8 Å². The van der Waals surface area contributed by atoms with Crippen molar-refractivity contribution in [3.8, 4) is 5.75 Å². The summed E-state index contributed by atoms with van der Waals surface area (Å²) in [5.41, 5.74) is 9.08. The lowest BCUT2D eigenvalue weighted by Gasteiger charge is -2.07. The SMILES string of the molecule is Cc1cccc(C)c1N=C(N)SCCOc1ccc(F)cc1. The van der Waals surface area contributed by atoms with Crippen molar-refractivity contribution in [3.63, 3.8) is 0 Å². The molecule has 2 aromatic rings. The minimum atomic E-state index is -0.272. The summed E-state index contributed by atoms with van der Waals surface area (Å²) in [6, 6.07) is 12.0. The van der Waals surface area contributed by atoms with E-state index < -0.39 is 0 Å². The van der Waals surface area contributed by atoms with Crippen LogP contribution < -0.4 is 10.5 Å². The maximum Gasteiger partial charge on any atom is 0.159 e. The molecule has 116 valence electrons. The van der Waals surface area contributed by atoms with E-state index >= 15 is 0 Å². The molecule has 0 fully saturated rings. The molecule has 22 heavy (non-hydrogen) atoms. The van der Waals surface area contributed by atoms with Crippen molar-refractivity contribution in [3.05, 3.63) is 59.4 Å². The van der Waals surface area contributed by atoms with Gasteiger partial charge in [-0.05, 0) is 49.2 Å². The number of hydrogen-bond donors (Lipinski definition) is 1. The molecule has 2 rings (SSSR count). The van der Waals surface area contributed by atoms with Crippen molar-refractivity contribution in [1.29, 1.82) is 0 Å². The molecule has 3 nitrogen and oxygen atoms in total. The third-order valence-electron chi connectivity index (χ3n) is 3.08. The van der Waals surface area contributed by atoms with Gasteiger partial charge in [-0.3, -0.25) is 0 Å². The molecule has 2 N–H and O–H groups in total. The lowest BCUT2D eigenvalue weighted by Crippen LogP contribution is -2.10. The number of halogens is 1. The van der Waals surface area contributed by atoms with Gasteiger partial charge in [0.05, 0.1) is 12.3 Å². The molecule has 0 bridgehead atoms. The van der Waals surface area contributed by atoms with E-state index in [1.54, 1.807) is 12.1 Å². The van der Waals surface area contributed by atoms with E-state index in [1.807, 2.05) is 32.0 Å². The number of para-hydroxylation sites is 1. The standard InChI is InChI=1S/C17H19FN2OS/c1-12-4-3-5-13(2)16(12)20-17(19)22-11-10-21-15-8-6-14(18)7-9-15/h3-9H,10-11H2,1-2H3,(H2,19,20). The number of nitrogens with zero attached hydrogens (tertiary/aromatic N) is 1. The second-order valence-corrected chi connectivity index (χ2v) is 5.96. The Kier molecular flexibility index (Phi) is 5.83. The van der Waals surface area contributed by atoms with E-state index in [2.05, 4.69) is 4.99 Å². The zero-order chi connectivity index (χ0) is 15.9. The molecular formula is C17H19FN2OS. The molecule has 0 saturated carbocycles. The van der Waals surface area contributed by atoms with Gasteiger partial charge in [0, 0.05) is 5.75 Å². The van der Waals surface area contributed by atoms with E-state index in [0.717, 1.165) is 16.8 Å². The van der Waals surface area contributed by atoms with Crippen molar-refractivity contribution in [2.45, 2.75) is 13.8 Å². The van der Waals surface area contributed by atoms with E-state index in [0.29, 0.717) is 23.3 Å². The van der Waals surface area contributed by atoms with Crippen LogP contribution in [0.3, 0.4) is 0 Å². The van der Waals surface area contributed by atoms with Gasteiger partial charge in [0.2, 0.25) is 0 Å². The van der Waals surface area contributed by atoms with Gasteiger partial charge >= 0.3 is 0 Å². The monoisotopic (exact) mass is 318 g/mol. The Morgan fingerprint density at radius 1 is 1.14 bits per heavy atom. The van der Waals surface area contributed by atoms with Gasteiger partial charge < -0.3 is 10.5 Å². The van der Waals surface area contributed by atoms with Crippen molar-refractivity contribution in [2.24, 2.45) is 10.7 Å². The average molecular weight is 318 g/mol. The zero-order valence-electron chi connectivity index (χ0n) is 12.7. The van der Waals surface area contributed by atoms with Gasteiger partial charge in [-0.2, -0.15) is 0 Å². The van der Waals surface area contributed by atoms with Crippen molar-refractivity contribution in [1.82, 2.24) is 0 Å². The van der Waals surface area contributed by atoms with Gasteiger partial charge in [0.1, 0.15) is 11.6 Å². The molecular weight excluding hydrogens is 299 g/mol. The van der Waals surface area contributed by atoms with Crippen molar-refractivity contribution < 1.29 is 9.13 Å². The van der Waals surface area contributed by atoms with Crippen molar-refractivity contribution in [2.75, 3.05) is 12.4 Å². The Bertz CT molecular complexity index is 636. The van der Waals surface area contributed by atoms with Gasteiger partial charge in [-0.25, -0.2) is 9.38 Å². The summed E-state index contributed by atoms with van der Waals surface area (Å²) in [5.74, 6) is 1.05. The quantitative estimate of drug-likeness (QED) is 0.510.